The Hall–Kier alpha value is 2.61. The van der Waals surface area contributed by atoms with Crippen LogP contribution in [-0.4, -0.2) is 30.6 Å². The van der Waals surface area contributed by atoms with E-state index in [-0.39, 0.29) is 18.2 Å². The van der Waals surface area contributed by atoms with Gasteiger partial charge in [0.25, 0.3) is 0 Å². The van der Waals surface area contributed by atoms with Crippen molar-refractivity contribution in [2.24, 2.45) is 16.7 Å². The molecule has 0 nitrogen and oxygen atoms in total. The molecule has 2 saturated carbocycles. The number of fused-ring (bicyclic) bond motifs is 2. The van der Waals surface area contributed by atoms with Crippen molar-refractivity contribution in [2.45, 2.75) is 25.3 Å². The Morgan fingerprint density at radius 1 is 1.00 bits per heavy atom. The zero-order valence-electron chi connectivity index (χ0n) is 9.26. The first-order chi connectivity index (χ1) is 8.55. The largest absolute Gasteiger partial charge is 0.143 e. The van der Waals surface area contributed by atoms with Crippen molar-refractivity contribution in [3.63, 3.8) is 0 Å². The van der Waals surface area contributed by atoms with Crippen LogP contribution in [0.15, 0.2) is 0 Å². The molecule has 0 amide bonds. The van der Waals surface area contributed by atoms with Crippen LogP contribution in [-0.2, 0) is 0 Å². The zero-order chi connectivity index (χ0) is 14.9. The normalized spacial score (nSPS) is 42.0. The van der Waals surface area contributed by atoms with Gasteiger partial charge in [0.2, 0.25) is 0 Å². The molecule has 2 aliphatic carbocycles. The molecule has 0 aromatic rings. The van der Waals surface area contributed by atoms with Gasteiger partial charge in [0.1, 0.15) is 13.5 Å². The number of halogens is 9. The quantitative estimate of drug-likeness (QED) is 0.449. The molecule has 19 heavy (non-hydrogen) atoms. The Bertz CT molecular complexity index is 375. The first-order valence-electron chi connectivity index (χ1n) is 5.35. The molecule has 0 N–H and O–H groups in total. The zero-order valence-corrected chi connectivity index (χ0v) is 16.1. The molecule has 0 spiro atoms. The van der Waals surface area contributed by atoms with E-state index in [2.05, 4.69) is 0 Å². The molecule has 2 bridgehead atoms. The highest BCUT2D eigenvalue weighted by atomic mass is 35.5. The predicted octanol–water partition coefficient (Wildman–Crippen LogP) is 6.23. The summed E-state index contributed by atoms with van der Waals surface area (Å²) in [7, 11) is 0. The molecule has 0 aromatic heterocycles. The van der Waals surface area contributed by atoms with Crippen molar-refractivity contribution in [3.05, 3.63) is 0 Å². The van der Waals surface area contributed by atoms with E-state index in [0.29, 0.717) is 0 Å². The van der Waals surface area contributed by atoms with E-state index in [1.54, 1.807) is 0 Å². The SMILES string of the molecule is ClCC1(CCl)[C@H]2[C@@H](Cl)C(Cl)(Cl)[C@]1(C(Cl)Cl)CC2(Cl)Cl. The first kappa shape index (κ1) is 18.0. The molecule has 2 rings (SSSR count). The summed E-state index contributed by atoms with van der Waals surface area (Å²) in [6.07, 6.45) is 0.182. The van der Waals surface area contributed by atoms with E-state index in [4.69, 9.17) is 104 Å². The molecule has 0 unspecified atom stereocenters. The Morgan fingerprint density at radius 2 is 1.47 bits per heavy atom. The lowest BCUT2D eigenvalue weighted by atomic mass is 9.70. The summed E-state index contributed by atoms with van der Waals surface area (Å²) in [5.41, 5.74) is -1.90. The molecule has 0 saturated heterocycles. The number of hydrogen-bond donors (Lipinski definition) is 0. The van der Waals surface area contributed by atoms with E-state index < -0.39 is 35.6 Å². The van der Waals surface area contributed by atoms with Crippen LogP contribution in [0.1, 0.15) is 6.42 Å². The fourth-order valence-corrected chi connectivity index (χ4v) is 8.72. The molecule has 2 aliphatic rings. The average Bonchev–Trinajstić information content (AvgIpc) is 2.60. The second-order valence-electron chi connectivity index (χ2n) is 5.14. The van der Waals surface area contributed by atoms with Gasteiger partial charge in [0.15, 0.2) is 0 Å². The Labute approximate surface area is 157 Å². The minimum absolute atomic E-state index is 0.114. The lowest BCUT2D eigenvalue weighted by Crippen LogP contribution is -2.53. The second-order valence-corrected chi connectivity index (χ2v) is 10.2. The Balaban J connectivity index is 2.74. The maximum Gasteiger partial charge on any atom is 0.143 e. The highest BCUT2D eigenvalue weighted by molar-refractivity contribution is 6.58. The molecule has 0 aromatic carbocycles. The van der Waals surface area contributed by atoms with Crippen molar-refractivity contribution in [1.82, 2.24) is 0 Å². The van der Waals surface area contributed by atoms with Crippen molar-refractivity contribution >= 4 is 104 Å². The van der Waals surface area contributed by atoms with Crippen LogP contribution in [0.25, 0.3) is 0 Å². The van der Waals surface area contributed by atoms with Gasteiger partial charge in [-0.3, -0.25) is 0 Å². The van der Waals surface area contributed by atoms with Gasteiger partial charge < -0.3 is 0 Å². The summed E-state index contributed by atoms with van der Waals surface area (Å²) < 4.78 is -2.59. The molecular formula is C10H9Cl9. The number of alkyl halides is 9. The average molecular weight is 448 g/mol. The van der Waals surface area contributed by atoms with Crippen LogP contribution in [0.5, 0.6) is 0 Å². The molecule has 112 valence electrons. The van der Waals surface area contributed by atoms with Crippen molar-refractivity contribution in [1.29, 1.82) is 0 Å². The molecule has 0 heterocycles. The number of hydrogen-bond acceptors (Lipinski definition) is 0. The maximum atomic E-state index is 6.47. The molecule has 2 fully saturated rings. The van der Waals surface area contributed by atoms with E-state index in [9.17, 15) is 0 Å². The molecule has 3 atom stereocenters. The van der Waals surface area contributed by atoms with Gasteiger partial charge in [-0.25, -0.2) is 0 Å². The van der Waals surface area contributed by atoms with Crippen molar-refractivity contribution < 1.29 is 0 Å². The third-order valence-electron chi connectivity index (χ3n) is 4.54. The molecule has 9 heteroatoms. The standard InChI is InChI=1S/C10H9Cl9/c11-2-7(3-12)4-5(13)10(18,19)8(7,6(14)15)1-9(4,16)17/h4-6H,1-3H2/t4-,5-,8+/m1/s1. The van der Waals surface area contributed by atoms with E-state index >= 15 is 0 Å². The summed E-state index contributed by atoms with van der Waals surface area (Å²) in [6, 6.07) is 0. The summed E-state index contributed by atoms with van der Waals surface area (Å²) in [6.45, 7) is 0. The van der Waals surface area contributed by atoms with Crippen molar-refractivity contribution in [2.75, 3.05) is 11.8 Å². The molecule has 0 aliphatic heterocycles. The van der Waals surface area contributed by atoms with Gasteiger partial charge in [-0.2, -0.15) is 0 Å². The highest BCUT2D eigenvalue weighted by Crippen LogP contribution is 2.81. The smallest absolute Gasteiger partial charge is 0.126 e. The van der Waals surface area contributed by atoms with Crippen LogP contribution in [0.3, 0.4) is 0 Å². The van der Waals surface area contributed by atoms with Gasteiger partial charge in [0.05, 0.1) is 5.38 Å². The molecule has 0 radical (unpaired) electrons. The van der Waals surface area contributed by atoms with Gasteiger partial charge in [-0.05, 0) is 6.42 Å². The van der Waals surface area contributed by atoms with Crippen molar-refractivity contribution in [3.8, 4) is 0 Å². The van der Waals surface area contributed by atoms with Gasteiger partial charge in [-0.1, -0.05) is 23.2 Å². The van der Waals surface area contributed by atoms with E-state index in [1.807, 2.05) is 0 Å². The monoisotopic (exact) mass is 444 g/mol. The second kappa shape index (κ2) is 5.32. The van der Waals surface area contributed by atoms with Gasteiger partial charge in [0, 0.05) is 28.5 Å². The summed E-state index contributed by atoms with van der Waals surface area (Å²) in [5.74, 6) is -0.277. The minimum atomic E-state index is -1.41. The number of rotatable bonds is 3. The van der Waals surface area contributed by atoms with Crippen LogP contribution in [0, 0.1) is 16.7 Å². The maximum absolute atomic E-state index is 6.47. The first-order valence-corrected chi connectivity index (χ1v) is 9.24. The van der Waals surface area contributed by atoms with E-state index in [1.165, 1.54) is 0 Å². The topological polar surface area (TPSA) is 0 Å². The fourth-order valence-electron chi connectivity index (χ4n) is 3.62. The molecular weight excluding hydrogens is 439 g/mol. The lowest BCUT2D eigenvalue weighted by Gasteiger charge is -2.47. The third-order valence-corrected chi connectivity index (χ3v) is 8.92. The Kier molecular flexibility index (Phi) is 5.02. The highest BCUT2D eigenvalue weighted by Gasteiger charge is 2.85. The van der Waals surface area contributed by atoms with E-state index in [0.717, 1.165) is 0 Å². The predicted molar refractivity (Wildman–Crippen MR) is 88.4 cm³/mol. The van der Waals surface area contributed by atoms with Gasteiger partial charge >= 0.3 is 0 Å². The summed E-state index contributed by atoms with van der Waals surface area (Å²) in [5, 5.41) is -0.753. The minimum Gasteiger partial charge on any atom is -0.126 e. The summed E-state index contributed by atoms with van der Waals surface area (Å²) >= 11 is 56.8. The Morgan fingerprint density at radius 3 is 1.79 bits per heavy atom. The van der Waals surface area contributed by atoms with Crippen LogP contribution < -0.4 is 0 Å². The fraction of sp³-hybridized carbons (Fsp3) is 1.00. The van der Waals surface area contributed by atoms with Gasteiger partial charge in [-0.15, -0.1) is 81.2 Å². The van der Waals surface area contributed by atoms with Crippen LogP contribution >= 0.6 is 104 Å². The van der Waals surface area contributed by atoms with Crippen LogP contribution in [0.2, 0.25) is 0 Å². The van der Waals surface area contributed by atoms with Crippen LogP contribution in [0.4, 0.5) is 0 Å². The summed E-state index contributed by atoms with van der Waals surface area (Å²) in [4.78, 5) is -0.953. The third kappa shape index (κ3) is 1.94. The lowest BCUT2D eigenvalue weighted by molar-refractivity contribution is 0.145.